The normalized spacial score (nSPS) is 16.3. The van der Waals surface area contributed by atoms with Gasteiger partial charge < -0.3 is 19.1 Å². The Morgan fingerprint density at radius 3 is 2.32 bits per heavy atom. The number of rotatable bonds is 3. The van der Waals surface area contributed by atoms with Crippen molar-refractivity contribution in [1.29, 1.82) is 0 Å². The van der Waals surface area contributed by atoms with E-state index in [-0.39, 0.29) is 12.2 Å². The molecule has 0 atom stereocenters. The highest BCUT2D eigenvalue weighted by Crippen LogP contribution is 2.20. The molecule has 0 N–H and O–H groups in total. The van der Waals surface area contributed by atoms with Gasteiger partial charge in [0, 0.05) is 25.9 Å². The molecule has 1 amide bonds. The number of carbonyl (C=O) groups excluding carboxylic acids is 1. The van der Waals surface area contributed by atoms with E-state index < -0.39 is 5.60 Å². The molecule has 7 nitrogen and oxygen atoms in total. The summed E-state index contributed by atoms with van der Waals surface area (Å²) in [6.45, 7) is 6.84. The van der Waals surface area contributed by atoms with Crippen molar-refractivity contribution in [2.24, 2.45) is 0 Å². The van der Waals surface area contributed by atoms with Crippen LogP contribution in [0.4, 0.5) is 4.79 Å². The van der Waals surface area contributed by atoms with Crippen molar-refractivity contribution in [1.82, 2.24) is 14.9 Å². The minimum atomic E-state index is -0.467. The van der Waals surface area contributed by atoms with Crippen molar-refractivity contribution in [3.8, 4) is 11.8 Å². The van der Waals surface area contributed by atoms with Gasteiger partial charge in [-0.1, -0.05) is 0 Å². The summed E-state index contributed by atoms with van der Waals surface area (Å²) in [6, 6.07) is 0.312. The number of piperidine rings is 1. The summed E-state index contributed by atoms with van der Waals surface area (Å²) in [7, 11) is 1.52. The summed E-state index contributed by atoms with van der Waals surface area (Å²) in [5, 5.41) is 0. The molecular formula is C15H23N3O4. The molecule has 7 heteroatoms. The van der Waals surface area contributed by atoms with Gasteiger partial charge in [0.05, 0.1) is 19.5 Å². The Kier molecular flexibility index (Phi) is 5.05. The number of likely N-dealkylation sites (tertiary alicyclic amines) is 1. The first-order valence-corrected chi connectivity index (χ1v) is 7.38. The number of nitrogens with zero attached hydrogens (tertiary/aromatic N) is 3. The van der Waals surface area contributed by atoms with E-state index >= 15 is 0 Å². The van der Waals surface area contributed by atoms with Crippen LogP contribution in [0.15, 0.2) is 12.4 Å². The maximum atomic E-state index is 12.0. The van der Waals surface area contributed by atoms with Gasteiger partial charge in [-0.15, -0.1) is 0 Å². The minimum Gasteiger partial charge on any atom is -0.487 e. The van der Waals surface area contributed by atoms with Gasteiger partial charge in [0.2, 0.25) is 0 Å². The topological polar surface area (TPSA) is 73.8 Å². The predicted octanol–water partition coefficient (Wildman–Crippen LogP) is 2.26. The fraction of sp³-hybridized carbons (Fsp3) is 0.667. The van der Waals surface area contributed by atoms with E-state index in [4.69, 9.17) is 14.2 Å². The molecule has 0 radical (unpaired) electrons. The molecule has 1 aromatic rings. The SMILES string of the molecule is COc1ncc(OC2CCN(C(=O)OC(C)(C)C)CC2)cn1. The van der Waals surface area contributed by atoms with Gasteiger partial charge in [-0.3, -0.25) is 0 Å². The summed E-state index contributed by atoms with van der Waals surface area (Å²) >= 11 is 0. The van der Waals surface area contributed by atoms with Gasteiger partial charge >= 0.3 is 12.1 Å². The van der Waals surface area contributed by atoms with E-state index in [0.717, 1.165) is 12.8 Å². The molecule has 2 rings (SSSR count). The van der Waals surface area contributed by atoms with Gasteiger partial charge in [0.15, 0.2) is 5.75 Å². The van der Waals surface area contributed by atoms with Crippen LogP contribution in [0.5, 0.6) is 11.8 Å². The third-order valence-corrected chi connectivity index (χ3v) is 3.18. The zero-order valence-corrected chi connectivity index (χ0v) is 13.5. The maximum Gasteiger partial charge on any atom is 0.410 e. The van der Waals surface area contributed by atoms with E-state index in [9.17, 15) is 4.79 Å². The molecule has 0 spiro atoms. The van der Waals surface area contributed by atoms with Crippen molar-refractivity contribution in [3.63, 3.8) is 0 Å². The van der Waals surface area contributed by atoms with Crippen LogP contribution < -0.4 is 9.47 Å². The van der Waals surface area contributed by atoms with Crippen molar-refractivity contribution >= 4 is 6.09 Å². The van der Waals surface area contributed by atoms with Crippen LogP contribution in [-0.2, 0) is 4.74 Å². The maximum absolute atomic E-state index is 12.0. The highest BCUT2D eigenvalue weighted by atomic mass is 16.6. The number of methoxy groups -OCH3 is 1. The average Bonchev–Trinajstić information content (AvgIpc) is 2.47. The van der Waals surface area contributed by atoms with Crippen molar-refractivity contribution in [2.75, 3.05) is 20.2 Å². The predicted molar refractivity (Wildman–Crippen MR) is 80.0 cm³/mol. The molecule has 0 bridgehead atoms. The van der Waals surface area contributed by atoms with E-state index in [0.29, 0.717) is 24.8 Å². The fourth-order valence-corrected chi connectivity index (χ4v) is 2.15. The van der Waals surface area contributed by atoms with Crippen LogP contribution >= 0.6 is 0 Å². The molecular weight excluding hydrogens is 286 g/mol. The number of amides is 1. The average molecular weight is 309 g/mol. The van der Waals surface area contributed by atoms with Gasteiger partial charge in [0.1, 0.15) is 11.7 Å². The third kappa shape index (κ3) is 4.75. The van der Waals surface area contributed by atoms with Crippen LogP contribution in [0, 0.1) is 0 Å². The number of hydrogen-bond donors (Lipinski definition) is 0. The summed E-state index contributed by atoms with van der Waals surface area (Å²) < 4.78 is 16.1. The molecule has 22 heavy (non-hydrogen) atoms. The van der Waals surface area contributed by atoms with Crippen molar-refractivity contribution in [2.45, 2.75) is 45.3 Å². The quantitative estimate of drug-likeness (QED) is 0.852. The van der Waals surface area contributed by atoms with Gasteiger partial charge in [-0.25, -0.2) is 4.79 Å². The Morgan fingerprint density at radius 2 is 1.82 bits per heavy atom. The van der Waals surface area contributed by atoms with Crippen LogP contribution in [0.3, 0.4) is 0 Å². The summed E-state index contributed by atoms with van der Waals surface area (Å²) in [5.74, 6) is 0.608. The summed E-state index contributed by atoms with van der Waals surface area (Å²) in [4.78, 5) is 21.7. The Morgan fingerprint density at radius 1 is 1.23 bits per heavy atom. The Bertz CT molecular complexity index is 491. The molecule has 1 saturated heterocycles. The molecule has 1 fully saturated rings. The smallest absolute Gasteiger partial charge is 0.410 e. The Labute approximate surface area is 130 Å². The minimum absolute atomic E-state index is 0.0516. The third-order valence-electron chi connectivity index (χ3n) is 3.18. The first-order chi connectivity index (χ1) is 10.4. The van der Waals surface area contributed by atoms with Crippen LogP contribution in [0.2, 0.25) is 0 Å². The van der Waals surface area contributed by atoms with Crippen LogP contribution in [0.1, 0.15) is 33.6 Å². The molecule has 0 saturated carbocycles. The van der Waals surface area contributed by atoms with Gasteiger partial charge in [-0.2, -0.15) is 9.97 Å². The van der Waals surface area contributed by atoms with E-state index in [2.05, 4.69) is 9.97 Å². The van der Waals surface area contributed by atoms with E-state index in [1.165, 1.54) is 7.11 Å². The Hall–Kier alpha value is -2.05. The molecule has 122 valence electrons. The van der Waals surface area contributed by atoms with Crippen LogP contribution in [0.25, 0.3) is 0 Å². The number of ether oxygens (including phenoxy) is 3. The van der Waals surface area contributed by atoms with Crippen molar-refractivity contribution < 1.29 is 19.0 Å². The molecule has 1 aromatic heterocycles. The molecule has 2 heterocycles. The number of carbonyl (C=O) groups is 1. The highest BCUT2D eigenvalue weighted by molar-refractivity contribution is 5.68. The second kappa shape index (κ2) is 6.81. The number of aromatic nitrogens is 2. The largest absolute Gasteiger partial charge is 0.487 e. The lowest BCUT2D eigenvalue weighted by molar-refractivity contribution is 0.0126. The summed E-state index contributed by atoms with van der Waals surface area (Å²) in [5.41, 5.74) is -0.467. The summed E-state index contributed by atoms with van der Waals surface area (Å²) in [6.07, 6.45) is 4.48. The first-order valence-electron chi connectivity index (χ1n) is 7.38. The number of hydrogen-bond acceptors (Lipinski definition) is 6. The lowest BCUT2D eigenvalue weighted by atomic mass is 10.1. The fourth-order valence-electron chi connectivity index (χ4n) is 2.15. The molecule has 0 aliphatic carbocycles. The van der Waals surface area contributed by atoms with E-state index in [1.54, 1.807) is 17.3 Å². The highest BCUT2D eigenvalue weighted by Gasteiger charge is 2.27. The molecule has 1 aliphatic heterocycles. The first kappa shape index (κ1) is 16.3. The van der Waals surface area contributed by atoms with E-state index in [1.807, 2.05) is 20.8 Å². The van der Waals surface area contributed by atoms with Gasteiger partial charge in [0.25, 0.3) is 0 Å². The second-order valence-corrected chi connectivity index (χ2v) is 6.19. The Balaban J connectivity index is 1.80. The zero-order chi connectivity index (χ0) is 16.2. The lowest BCUT2D eigenvalue weighted by Gasteiger charge is -2.33. The molecule has 0 aromatic carbocycles. The molecule has 1 aliphatic rings. The molecule has 0 unspecified atom stereocenters. The van der Waals surface area contributed by atoms with Gasteiger partial charge in [-0.05, 0) is 20.8 Å². The standard InChI is InChI=1S/C15H23N3O4/c1-15(2,3)22-14(19)18-7-5-11(6-8-18)21-12-9-16-13(20-4)17-10-12/h9-11H,5-8H2,1-4H3. The van der Waals surface area contributed by atoms with Crippen LogP contribution in [-0.4, -0.2) is 52.9 Å². The zero-order valence-electron chi connectivity index (χ0n) is 13.5. The second-order valence-electron chi connectivity index (χ2n) is 6.19. The lowest BCUT2D eigenvalue weighted by Crippen LogP contribution is -2.44. The van der Waals surface area contributed by atoms with Crippen molar-refractivity contribution in [3.05, 3.63) is 12.4 Å². The monoisotopic (exact) mass is 309 g/mol.